The summed E-state index contributed by atoms with van der Waals surface area (Å²) in [6.45, 7) is -0.826. The van der Waals surface area contributed by atoms with Crippen molar-refractivity contribution in [1.82, 2.24) is 4.72 Å². The van der Waals surface area contributed by atoms with Crippen molar-refractivity contribution in [3.8, 4) is 0 Å². The number of nitro benzene ring substituents is 1. The Hall–Kier alpha value is -2.14. The first-order chi connectivity index (χ1) is 8.65. The molecule has 3 N–H and O–H groups in total. The molecule has 1 amide bonds. The van der Waals surface area contributed by atoms with E-state index in [1.165, 1.54) is 0 Å². The minimum atomic E-state index is -4.56. The molecule has 0 aliphatic rings. The summed E-state index contributed by atoms with van der Waals surface area (Å²) in [5.74, 6) is -4.09. The minimum Gasteiger partial charge on any atom is -0.369 e. The van der Waals surface area contributed by atoms with Crippen molar-refractivity contribution in [2.75, 3.05) is 6.54 Å². The van der Waals surface area contributed by atoms with Crippen molar-refractivity contribution in [3.63, 3.8) is 0 Å². The number of carbonyl (C=O) groups excluding carboxylic acids is 1. The van der Waals surface area contributed by atoms with E-state index in [0.717, 1.165) is 0 Å². The molecule has 0 aliphatic heterocycles. The third-order valence-electron chi connectivity index (χ3n) is 1.92. The lowest BCUT2D eigenvalue weighted by Crippen LogP contribution is -2.33. The fourth-order valence-electron chi connectivity index (χ4n) is 1.11. The molecule has 0 fully saturated rings. The Morgan fingerprint density at radius 1 is 1.37 bits per heavy atom. The number of halogens is 2. The number of amides is 1. The maximum absolute atomic E-state index is 13.3. The van der Waals surface area contributed by atoms with Crippen LogP contribution in [0.15, 0.2) is 17.0 Å². The summed E-state index contributed by atoms with van der Waals surface area (Å²) in [6.07, 6.45) is 0. The van der Waals surface area contributed by atoms with E-state index in [0.29, 0.717) is 0 Å². The minimum absolute atomic E-state index is 0.0664. The van der Waals surface area contributed by atoms with Crippen molar-refractivity contribution < 1.29 is 26.9 Å². The summed E-state index contributed by atoms with van der Waals surface area (Å²) in [6, 6.07) is 0.283. The Bertz CT molecular complexity index is 646. The Morgan fingerprint density at radius 2 is 1.95 bits per heavy atom. The molecule has 104 valence electrons. The number of hydrogen-bond donors (Lipinski definition) is 2. The molecule has 11 heteroatoms. The van der Waals surface area contributed by atoms with Gasteiger partial charge in [0.2, 0.25) is 21.7 Å². The Morgan fingerprint density at radius 3 is 2.42 bits per heavy atom. The first-order valence-electron chi connectivity index (χ1n) is 4.56. The van der Waals surface area contributed by atoms with Crippen LogP contribution in [0.1, 0.15) is 0 Å². The molecule has 1 aromatic rings. The Kier molecular flexibility index (Phi) is 4.11. The molecule has 0 spiro atoms. The zero-order valence-corrected chi connectivity index (χ0v) is 9.91. The lowest BCUT2D eigenvalue weighted by atomic mass is 10.3. The smallest absolute Gasteiger partial charge is 0.306 e. The zero-order chi connectivity index (χ0) is 14.8. The van der Waals surface area contributed by atoms with Crippen molar-refractivity contribution in [3.05, 3.63) is 33.9 Å². The van der Waals surface area contributed by atoms with Crippen LogP contribution in [0.5, 0.6) is 0 Å². The normalized spacial score (nSPS) is 11.3. The molecule has 0 bridgehead atoms. The van der Waals surface area contributed by atoms with Crippen LogP contribution in [0.3, 0.4) is 0 Å². The highest BCUT2D eigenvalue weighted by atomic mass is 32.2. The van der Waals surface area contributed by atoms with E-state index < -0.39 is 49.6 Å². The molecule has 0 unspecified atom stereocenters. The number of hydrogen-bond acceptors (Lipinski definition) is 5. The quantitative estimate of drug-likeness (QED) is 0.565. The number of primary amides is 1. The molecular formula is C8H7F2N3O5S. The van der Waals surface area contributed by atoms with E-state index in [4.69, 9.17) is 5.73 Å². The number of nitrogens with two attached hydrogens (primary N) is 1. The molecule has 0 atom stereocenters. The van der Waals surface area contributed by atoms with Crippen molar-refractivity contribution >= 4 is 21.6 Å². The molecule has 0 aliphatic carbocycles. The van der Waals surface area contributed by atoms with E-state index in [1.807, 2.05) is 0 Å². The van der Waals surface area contributed by atoms with Crippen LogP contribution in [0.4, 0.5) is 14.5 Å². The number of nitrogens with zero attached hydrogens (tertiary/aromatic N) is 1. The van der Waals surface area contributed by atoms with Crippen LogP contribution in [0.25, 0.3) is 0 Å². The first kappa shape index (κ1) is 14.9. The van der Waals surface area contributed by atoms with Gasteiger partial charge in [-0.3, -0.25) is 14.9 Å². The third kappa shape index (κ3) is 3.42. The lowest BCUT2D eigenvalue weighted by molar-refractivity contribution is -0.387. The van der Waals surface area contributed by atoms with Crippen LogP contribution in [0.2, 0.25) is 0 Å². The molecule has 0 aromatic heterocycles. The van der Waals surface area contributed by atoms with Crippen LogP contribution >= 0.6 is 0 Å². The number of rotatable bonds is 5. The van der Waals surface area contributed by atoms with Gasteiger partial charge in [0.1, 0.15) is 10.7 Å². The molecule has 8 nitrogen and oxygen atoms in total. The summed E-state index contributed by atoms with van der Waals surface area (Å²) in [4.78, 5) is 18.5. The van der Waals surface area contributed by atoms with Gasteiger partial charge < -0.3 is 5.73 Å². The largest absolute Gasteiger partial charge is 0.369 e. The summed E-state index contributed by atoms with van der Waals surface area (Å²) in [7, 11) is -4.56. The summed E-state index contributed by atoms with van der Waals surface area (Å²) in [5, 5.41) is 10.4. The second-order valence-electron chi connectivity index (χ2n) is 3.28. The van der Waals surface area contributed by atoms with Gasteiger partial charge in [0.15, 0.2) is 0 Å². The highest BCUT2D eigenvalue weighted by Gasteiger charge is 2.26. The second-order valence-corrected chi connectivity index (χ2v) is 5.02. The standard InChI is InChI=1S/C8H7F2N3O5S/c9-4-1-5(10)7(2-6(4)13(15)16)19(17,18)12-3-8(11)14/h1-2,12H,3H2,(H2,11,14). The molecular weight excluding hydrogens is 288 g/mol. The van der Waals surface area contributed by atoms with Gasteiger partial charge in [0, 0.05) is 12.1 Å². The Labute approximate surface area is 105 Å². The van der Waals surface area contributed by atoms with Gasteiger partial charge >= 0.3 is 5.69 Å². The van der Waals surface area contributed by atoms with Crippen LogP contribution in [0, 0.1) is 21.7 Å². The number of benzene rings is 1. The number of sulfonamides is 1. The van der Waals surface area contributed by atoms with E-state index >= 15 is 0 Å². The fraction of sp³-hybridized carbons (Fsp3) is 0.125. The van der Waals surface area contributed by atoms with Crippen LogP contribution in [-0.2, 0) is 14.8 Å². The summed E-state index contributed by atoms with van der Waals surface area (Å²) in [5.41, 5.74) is 3.48. The highest BCUT2D eigenvalue weighted by molar-refractivity contribution is 7.89. The van der Waals surface area contributed by atoms with Gasteiger partial charge in [-0.1, -0.05) is 0 Å². The SMILES string of the molecule is NC(=O)CNS(=O)(=O)c1cc([N+](=O)[O-])c(F)cc1F. The van der Waals surface area contributed by atoms with E-state index in [2.05, 4.69) is 0 Å². The van der Waals surface area contributed by atoms with Gasteiger partial charge in [-0.15, -0.1) is 0 Å². The molecule has 1 aromatic carbocycles. The monoisotopic (exact) mass is 295 g/mol. The third-order valence-corrected chi connectivity index (χ3v) is 3.34. The Balaban J connectivity index is 3.30. The summed E-state index contributed by atoms with van der Waals surface area (Å²) >= 11 is 0. The van der Waals surface area contributed by atoms with Gasteiger partial charge in [-0.2, -0.15) is 4.39 Å². The average molecular weight is 295 g/mol. The van der Waals surface area contributed by atoms with Crippen molar-refractivity contribution in [2.45, 2.75) is 4.90 Å². The number of nitro groups is 1. The first-order valence-corrected chi connectivity index (χ1v) is 6.05. The van der Waals surface area contributed by atoms with E-state index in [-0.39, 0.29) is 12.1 Å². The van der Waals surface area contributed by atoms with Gasteiger partial charge in [-0.25, -0.2) is 17.5 Å². The zero-order valence-electron chi connectivity index (χ0n) is 9.09. The topological polar surface area (TPSA) is 132 Å². The lowest BCUT2D eigenvalue weighted by Gasteiger charge is -2.06. The number of nitrogens with one attached hydrogen (secondary N) is 1. The molecule has 1 rings (SSSR count). The van der Waals surface area contributed by atoms with Crippen LogP contribution in [-0.4, -0.2) is 25.8 Å². The van der Waals surface area contributed by atoms with Crippen molar-refractivity contribution in [2.24, 2.45) is 5.73 Å². The van der Waals surface area contributed by atoms with Crippen LogP contribution < -0.4 is 10.5 Å². The predicted molar refractivity (Wildman–Crippen MR) is 57.4 cm³/mol. The second kappa shape index (κ2) is 5.24. The summed E-state index contributed by atoms with van der Waals surface area (Å²) < 4.78 is 51.0. The van der Waals surface area contributed by atoms with Crippen molar-refractivity contribution in [1.29, 1.82) is 0 Å². The average Bonchev–Trinajstić information content (AvgIpc) is 2.25. The van der Waals surface area contributed by atoms with E-state index in [1.54, 1.807) is 4.72 Å². The maximum Gasteiger partial charge on any atom is 0.306 e. The number of carbonyl (C=O) groups is 1. The molecule has 0 heterocycles. The molecule has 0 radical (unpaired) electrons. The van der Waals surface area contributed by atoms with Gasteiger partial charge in [0.25, 0.3) is 0 Å². The molecule has 0 saturated carbocycles. The molecule has 0 saturated heterocycles. The van der Waals surface area contributed by atoms with Gasteiger partial charge in [-0.05, 0) is 0 Å². The van der Waals surface area contributed by atoms with E-state index in [9.17, 15) is 32.1 Å². The predicted octanol–water partition coefficient (Wildman–Crippen LogP) is -0.363. The van der Waals surface area contributed by atoms with Gasteiger partial charge in [0.05, 0.1) is 11.5 Å². The maximum atomic E-state index is 13.3. The molecule has 19 heavy (non-hydrogen) atoms. The fourth-order valence-corrected chi connectivity index (χ4v) is 2.18. The highest BCUT2D eigenvalue weighted by Crippen LogP contribution is 2.24.